The number of benzene rings is 2. The molecule has 2 aromatic rings. The van der Waals surface area contributed by atoms with Crippen LogP contribution in [-0.2, 0) is 19.2 Å². The molecule has 2 aliphatic carbocycles. The Hall–Kier alpha value is -3.99. The average Bonchev–Trinajstić information content (AvgIpc) is 4.16. The molecule has 6 fully saturated rings. The van der Waals surface area contributed by atoms with Crippen LogP contribution in [0.25, 0.3) is 0 Å². The molecule has 6 aliphatic rings. The minimum atomic E-state index is -0.250. The van der Waals surface area contributed by atoms with Gasteiger partial charge in [0.1, 0.15) is 18.1 Å². The summed E-state index contributed by atoms with van der Waals surface area (Å²) in [7, 11) is 0. The van der Waals surface area contributed by atoms with Gasteiger partial charge in [-0.2, -0.15) is 0 Å². The van der Waals surface area contributed by atoms with E-state index in [1.54, 1.807) is 20.8 Å². The molecular weight excluding hydrogens is 841 g/mol. The van der Waals surface area contributed by atoms with Gasteiger partial charge in [-0.15, -0.1) is 11.8 Å². The predicted molar refractivity (Wildman–Crippen MR) is 236 cm³/mol. The molecule has 0 spiro atoms. The van der Waals surface area contributed by atoms with Crippen LogP contribution in [0.5, 0.6) is 11.5 Å². The van der Waals surface area contributed by atoms with Gasteiger partial charge in [0.25, 0.3) is 0 Å². The van der Waals surface area contributed by atoms with Gasteiger partial charge in [0.05, 0.1) is 35.5 Å². The number of nitrogens with zero attached hydrogens (tertiary/aromatic N) is 6. The van der Waals surface area contributed by atoms with Gasteiger partial charge in [0.2, 0.25) is 23.6 Å². The predicted octanol–water partition coefficient (Wildman–Crippen LogP) is 3.85. The number of ether oxygens (including phenoxy) is 1. The number of likely N-dealkylation sites (tertiary alicyclic amines) is 2. The molecule has 1 unspecified atom stereocenters. The molecule has 14 nitrogen and oxygen atoms in total. The lowest BCUT2D eigenvalue weighted by Crippen LogP contribution is -2.68. The topological polar surface area (TPSA) is 149 Å². The van der Waals surface area contributed by atoms with Crippen LogP contribution >= 0.6 is 35.0 Å². The maximum absolute atomic E-state index is 13.3. The Labute approximate surface area is 371 Å². The van der Waals surface area contributed by atoms with Crippen molar-refractivity contribution >= 4 is 64.3 Å². The smallest absolute Gasteiger partial charge is 0.246 e. The maximum atomic E-state index is 13.3. The molecule has 328 valence electrons. The van der Waals surface area contributed by atoms with Gasteiger partial charge in [-0.25, -0.2) is 0 Å². The Morgan fingerprint density at radius 3 is 2.10 bits per heavy atom. The number of nitrogens with one attached hydrogen (secondary N) is 1. The first-order chi connectivity index (χ1) is 29.5. The van der Waals surface area contributed by atoms with Crippen LogP contribution in [0.1, 0.15) is 48.6 Å². The van der Waals surface area contributed by atoms with Crippen LogP contribution < -0.4 is 10.1 Å². The third kappa shape index (κ3) is 10.3. The van der Waals surface area contributed by atoms with E-state index in [4.69, 9.17) is 27.9 Å². The van der Waals surface area contributed by atoms with Crippen LogP contribution in [-0.4, -0.2) is 179 Å². The summed E-state index contributed by atoms with van der Waals surface area (Å²) in [6.45, 7) is 10.4. The number of aliphatic hydroxyl groups is 1. The normalized spacial score (nSPS) is 21.7. The first-order valence-corrected chi connectivity index (χ1v) is 23.1. The standard InChI is InChI=1S/C44H55Cl2N7O7S/c1-2-41(56)51-21-30(22-51)48-9-11-49(12-10-48)44(59)27-61-40-17-34(29-7-8-29)36(46)19-39(40)60-15-3-4-42(57)52-23-31(24-52)53-14-13-50(25-32(53)26-54)43(58)20-47-37-16-33(28-5-6-28)35(45)18-38(37)55/h2-4,16-19,28-32,47,54-55H,1,5-15,20-27H2. The number of anilines is 1. The number of thioether (sulfide) groups is 1. The SMILES string of the molecule is C=CC(=O)N1CC(N2CCN(C(=O)CSc3cc(C4CC4)c(Cl)cc3OCC=CC(=O)N3CC(N4CCN(C(=O)CNc5cc(C6CC6)c(Cl)cc5O)CC4CO)C3)CC2)C1. The number of aliphatic hydroxyl groups excluding tert-OH is 1. The molecule has 4 aliphatic heterocycles. The van der Waals surface area contributed by atoms with Crippen molar-refractivity contribution < 1.29 is 34.1 Å². The van der Waals surface area contributed by atoms with E-state index in [1.807, 2.05) is 17.0 Å². The quantitative estimate of drug-likeness (QED) is 0.128. The van der Waals surface area contributed by atoms with Crippen molar-refractivity contribution in [2.45, 2.75) is 60.5 Å². The van der Waals surface area contributed by atoms with Crippen LogP contribution in [0, 0.1) is 0 Å². The summed E-state index contributed by atoms with van der Waals surface area (Å²) in [4.78, 5) is 64.0. The Morgan fingerprint density at radius 1 is 0.787 bits per heavy atom. The number of halogens is 2. The summed E-state index contributed by atoms with van der Waals surface area (Å²) >= 11 is 14.5. The first-order valence-electron chi connectivity index (χ1n) is 21.4. The van der Waals surface area contributed by atoms with Gasteiger partial charge < -0.3 is 39.9 Å². The van der Waals surface area contributed by atoms with E-state index in [2.05, 4.69) is 27.8 Å². The number of phenolic OH excluding ortho intramolecular Hbond substituents is 1. The van der Waals surface area contributed by atoms with Crippen LogP contribution in [0.2, 0.25) is 10.0 Å². The number of aromatic hydroxyl groups is 1. The van der Waals surface area contributed by atoms with Crippen LogP contribution in [0.3, 0.4) is 0 Å². The third-order valence-electron chi connectivity index (χ3n) is 12.9. The summed E-state index contributed by atoms with van der Waals surface area (Å²) in [6, 6.07) is 7.40. The van der Waals surface area contributed by atoms with E-state index in [1.165, 1.54) is 30.0 Å². The number of phenols is 1. The van der Waals surface area contributed by atoms with E-state index in [0.29, 0.717) is 98.3 Å². The lowest BCUT2D eigenvalue weighted by atomic mass is 10.0. The molecule has 0 bridgehead atoms. The zero-order chi connectivity index (χ0) is 42.8. The average molecular weight is 897 g/mol. The van der Waals surface area contributed by atoms with E-state index >= 15 is 0 Å². The fourth-order valence-electron chi connectivity index (χ4n) is 8.73. The van der Waals surface area contributed by atoms with Gasteiger partial charge in [-0.3, -0.25) is 29.0 Å². The number of hydrogen-bond acceptors (Lipinski definition) is 11. The second-order valence-electron chi connectivity index (χ2n) is 16.9. The number of carbonyl (C=O) groups excluding carboxylic acids is 4. The Balaban J connectivity index is 0.769. The van der Waals surface area contributed by atoms with Crippen molar-refractivity contribution in [3.63, 3.8) is 0 Å². The first kappa shape index (κ1) is 43.7. The summed E-state index contributed by atoms with van der Waals surface area (Å²) in [6.07, 6.45) is 8.87. The molecule has 2 saturated carbocycles. The third-order valence-corrected chi connectivity index (χ3v) is 14.5. The molecule has 17 heteroatoms. The monoisotopic (exact) mass is 895 g/mol. The fraction of sp³-hybridized carbons (Fsp3) is 0.545. The van der Waals surface area contributed by atoms with Gasteiger partial charge in [-0.05, 0) is 72.9 Å². The number of piperazine rings is 2. The largest absolute Gasteiger partial charge is 0.506 e. The maximum Gasteiger partial charge on any atom is 0.246 e. The highest BCUT2D eigenvalue weighted by Crippen LogP contribution is 2.47. The second-order valence-corrected chi connectivity index (χ2v) is 18.8. The van der Waals surface area contributed by atoms with Gasteiger partial charge >= 0.3 is 0 Å². The van der Waals surface area contributed by atoms with Gasteiger partial charge in [0, 0.05) is 112 Å². The minimum absolute atomic E-state index is 0.00728. The summed E-state index contributed by atoms with van der Waals surface area (Å²) in [5.41, 5.74) is 2.55. The van der Waals surface area contributed by atoms with E-state index in [0.717, 1.165) is 54.8 Å². The molecule has 61 heavy (non-hydrogen) atoms. The summed E-state index contributed by atoms with van der Waals surface area (Å²) < 4.78 is 6.15. The Bertz CT molecular complexity index is 2030. The van der Waals surface area contributed by atoms with E-state index in [-0.39, 0.29) is 67.0 Å². The zero-order valence-electron chi connectivity index (χ0n) is 34.4. The lowest BCUT2D eigenvalue weighted by Gasteiger charge is -2.51. The van der Waals surface area contributed by atoms with Crippen molar-refractivity contribution in [3.05, 3.63) is 70.2 Å². The van der Waals surface area contributed by atoms with E-state index < -0.39 is 0 Å². The van der Waals surface area contributed by atoms with Crippen molar-refractivity contribution in [1.82, 2.24) is 29.4 Å². The molecule has 4 saturated heterocycles. The van der Waals surface area contributed by atoms with Crippen LogP contribution in [0.4, 0.5) is 5.69 Å². The summed E-state index contributed by atoms with van der Waals surface area (Å²) in [5, 5.41) is 24.9. The molecule has 1 atom stereocenters. The van der Waals surface area contributed by atoms with Crippen LogP contribution in [0.15, 0.2) is 54.0 Å². The highest BCUT2D eigenvalue weighted by atomic mass is 35.5. The highest BCUT2D eigenvalue weighted by Gasteiger charge is 2.40. The van der Waals surface area contributed by atoms with Crippen molar-refractivity contribution in [3.8, 4) is 11.5 Å². The number of carbonyl (C=O) groups is 4. The molecule has 4 amide bonds. The molecular formula is C44H55Cl2N7O7S. The van der Waals surface area contributed by atoms with Crippen molar-refractivity contribution in [1.29, 1.82) is 0 Å². The highest BCUT2D eigenvalue weighted by molar-refractivity contribution is 8.00. The molecule has 4 heterocycles. The fourth-order valence-corrected chi connectivity index (χ4v) is 10.3. The molecule has 2 aromatic carbocycles. The van der Waals surface area contributed by atoms with Gasteiger partial charge in [-0.1, -0.05) is 29.8 Å². The Kier molecular flexibility index (Phi) is 13.7. The second kappa shape index (κ2) is 19.2. The van der Waals surface area contributed by atoms with E-state index in [9.17, 15) is 29.4 Å². The molecule has 0 radical (unpaired) electrons. The molecule has 0 aromatic heterocycles. The number of hydrogen-bond donors (Lipinski definition) is 3. The zero-order valence-corrected chi connectivity index (χ0v) is 36.7. The Morgan fingerprint density at radius 2 is 1.43 bits per heavy atom. The number of rotatable bonds is 16. The number of amides is 4. The summed E-state index contributed by atoms with van der Waals surface area (Å²) in [5.74, 6) is 1.47. The molecule has 3 N–H and O–H groups in total. The minimum Gasteiger partial charge on any atom is -0.506 e. The van der Waals surface area contributed by atoms with Crippen molar-refractivity contribution in [2.75, 3.05) is 103 Å². The lowest BCUT2D eigenvalue weighted by molar-refractivity contribution is -0.139. The van der Waals surface area contributed by atoms with Gasteiger partial charge in [0.15, 0.2) is 0 Å². The van der Waals surface area contributed by atoms with Crippen molar-refractivity contribution in [2.24, 2.45) is 0 Å². The molecule has 8 rings (SSSR count).